The Kier molecular flexibility index (Phi) is 2.68. The van der Waals surface area contributed by atoms with Crippen molar-refractivity contribution in [2.45, 2.75) is 25.3 Å². The molecule has 2 aliphatic rings. The lowest BCUT2D eigenvalue weighted by Crippen LogP contribution is -2.49. The van der Waals surface area contributed by atoms with Gasteiger partial charge in [0.05, 0.1) is 6.61 Å². The smallest absolute Gasteiger partial charge is 0.410 e. The largest absolute Gasteiger partial charge is 0.449 e. The maximum atomic E-state index is 11.4. The van der Waals surface area contributed by atoms with Gasteiger partial charge in [-0.15, -0.1) is 0 Å². The van der Waals surface area contributed by atoms with Crippen LogP contribution in [0.15, 0.2) is 0 Å². The first-order chi connectivity index (χ1) is 6.38. The third-order valence-electron chi connectivity index (χ3n) is 2.75. The Morgan fingerprint density at radius 1 is 1.38 bits per heavy atom. The fourth-order valence-corrected chi connectivity index (χ4v) is 2.02. The SMILES string of the molecule is O=C1OCCCN1C1CCNCC1. The molecule has 4 heteroatoms. The lowest BCUT2D eigenvalue weighted by atomic mass is 10.0. The Balaban J connectivity index is 1.92. The summed E-state index contributed by atoms with van der Waals surface area (Å²) in [6.07, 6.45) is 3.00. The minimum absolute atomic E-state index is 0.113. The number of piperidine rings is 1. The van der Waals surface area contributed by atoms with Crippen molar-refractivity contribution in [1.29, 1.82) is 0 Å². The molecular formula is C9H16N2O2. The molecule has 2 saturated heterocycles. The third kappa shape index (κ3) is 1.94. The first kappa shape index (κ1) is 8.81. The second-order valence-corrected chi connectivity index (χ2v) is 3.64. The van der Waals surface area contributed by atoms with Gasteiger partial charge in [-0.05, 0) is 32.4 Å². The van der Waals surface area contributed by atoms with Gasteiger partial charge in [-0.2, -0.15) is 0 Å². The number of carbonyl (C=O) groups is 1. The summed E-state index contributed by atoms with van der Waals surface area (Å²) < 4.78 is 5.01. The molecule has 0 spiro atoms. The van der Waals surface area contributed by atoms with E-state index in [1.807, 2.05) is 4.90 Å². The van der Waals surface area contributed by atoms with Crippen molar-refractivity contribution in [3.8, 4) is 0 Å². The van der Waals surface area contributed by atoms with Crippen molar-refractivity contribution < 1.29 is 9.53 Å². The van der Waals surface area contributed by atoms with E-state index in [2.05, 4.69) is 5.32 Å². The number of hydrogen-bond acceptors (Lipinski definition) is 3. The Hall–Kier alpha value is -0.770. The van der Waals surface area contributed by atoms with Gasteiger partial charge in [-0.1, -0.05) is 0 Å². The van der Waals surface area contributed by atoms with E-state index in [0.29, 0.717) is 12.6 Å². The van der Waals surface area contributed by atoms with Crippen LogP contribution in [0.4, 0.5) is 4.79 Å². The zero-order chi connectivity index (χ0) is 9.10. The number of rotatable bonds is 1. The summed E-state index contributed by atoms with van der Waals surface area (Å²) in [7, 11) is 0. The third-order valence-corrected chi connectivity index (χ3v) is 2.75. The lowest BCUT2D eigenvalue weighted by molar-refractivity contribution is 0.0486. The molecule has 0 atom stereocenters. The molecule has 1 amide bonds. The van der Waals surface area contributed by atoms with Gasteiger partial charge in [-0.3, -0.25) is 0 Å². The molecule has 13 heavy (non-hydrogen) atoms. The second kappa shape index (κ2) is 3.96. The highest BCUT2D eigenvalue weighted by Crippen LogP contribution is 2.16. The van der Waals surface area contributed by atoms with Crippen molar-refractivity contribution in [1.82, 2.24) is 10.2 Å². The van der Waals surface area contributed by atoms with E-state index in [-0.39, 0.29) is 6.09 Å². The number of cyclic esters (lactones) is 1. The highest BCUT2D eigenvalue weighted by atomic mass is 16.6. The molecule has 4 nitrogen and oxygen atoms in total. The Morgan fingerprint density at radius 2 is 2.15 bits per heavy atom. The standard InChI is InChI=1S/C9H16N2O2/c12-9-11(6-1-7-13-9)8-2-4-10-5-3-8/h8,10H,1-7H2. The van der Waals surface area contributed by atoms with E-state index in [9.17, 15) is 4.79 Å². The number of nitrogens with zero attached hydrogens (tertiary/aromatic N) is 1. The van der Waals surface area contributed by atoms with Crippen LogP contribution in [0.25, 0.3) is 0 Å². The molecule has 74 valence electrons. The number of amides is 1. The van der Waals surface area contributed by atoms with E-state index in [1.54, 1.807) is 0 Å². The summed E-state index contributed by atoms with van der Waals surface area (Å²) in [4.78, 5) is 13.3. The van der Waals surface area contributed by atoms with Gasteiger partial charge in [0.2, 0.25) is 0 Å². The highest BCUT2D eigenvalue weighted by molar-refractivity contribution is 5.68. The van der Waals surface area contributed by atoms with Crippen LogP contribution < -0.4 is 5.32 Å². The second-order valence-electron chi connectivity index (χ2n) is 3.64. The molecule has 0 aromatic rings. The molecule has 0 saturated carbocycles. The first-order valence-electron chi connectivity index (χ1n) is 5.02. The zero-order valence-corrected chi connectivity index (χ0v) is 7.79. The average molecular weight is 184 g/mol. The van der Waals surface area contributed by atoms with Crippen LogP contribution in [0.1, 0.15) is 19.3 Å². The summed E-state index contributed by atoms with van der Waals surface area (Å²) >= 11 is 0. The average Bonchev–Trinajstić information content (AvgIpc) is 2.20. The topological polar surface area (TPSA) is 41.6 Å². The summed E-state index contributed by atoms with van der Waals surface area (Å²) in [5.74, 6) is 0. The van der Waals surface area contributed by atoms with Crippen LogP contribution in [0.3, 0.4) is 0 Å². The minimum Gasteiger partial charge on any atom is -0.449 e. The van der Waals surface area contributed by atoms with Crippen LogP contribution in [0.2, 0.25) is 0 Å². The summed E-state index contributed by atoms with van der Waals surface area (Å²) in [6, 6.07) is 0.411. The monoisotopic (exact) mass is 184 g/mol. The number of nitrogens with one attached hydrogen (secondary N) is 1. The van der Waals surface area contributed by atoms with Crippen LogP contribution >= 0.6 is 0 Å². The van der Waals surface area contributed by atoms with Gasteiger partial charge in [-0.25, -0.2) is 4.79 Å². The minimum atomic E-state index is -0.113. The molecule has 0 unspecified atom stereocenters. The Morgan fingerprint density at radius 3 is 2.85 bits per heavy atom. The van der Waals surface area contributed by atoms with Gasteiger partial charge in [0.15, 0.2) is 0 Å². The molecule has 0 aromatic heterocycles. The number of carbonyl (C=O) groups excluding carboxylic acids is 1. The highest BCUT2D eigenvalue weighted by Gasteiger charge is 2.28. The maximum Gasteiger partial charge on any atom is 0.410 e. The normalized spacial score (nSPS) is 25.8. The summed E-state index contributed by atoms with van der Waals surface area (Å²) in [5.41, 5.74) is 0. The molecule has 0 bridgehead atoms. The van der Waals surface area contributed by atoms with Gasteiger partial charge >= 0.3 is 6.09 Å². The Labute approximate surface area is 78.2 Å². The van der Waals surface area contributed by atoms with Crippen molar-refractivity contribution in [2.75, 3.05) is 26.2 Å². The van der Waals surface area contributed by atoms with E-state index < -0.39 is 0 Å². The summed E-state index contributed by atoms with van der Waals surface area (Å²) in [5, 5.41) is 3.29. The van der Waals surface area contributed by atoms with Crippen LogP contribution in [-0.2, 0) is 4.74 Å². The molecular weight excluding hydrogens is 168 g/mol. The van der Waals surface area contributed by atoms with E-state index in [4.69, 9.17) is 4.74 Å². The van der Waals surface area contributed by atoms with Crippen molar-refractivity contribution in [3.05, 3.63) is 0 Å². The maximum absolute atomic E-state index is 11.4. The summed E-state index contributed by atoms with van der Waals surface area (Å²) in [6.45, 7) is 3.52. The van der Waals surface area contributed by atoms with Gasteiger partial charge in [0, 0.05) is 12.6 Å². The van der Waals surface area contributed by atoms with Gasteiger partial charge in [0.1, 0.15) is 0 Å². The predicted molar refractivity (Wildman–Crippen MR) is 48.6 cm³/mol. The molecule has 2 heterocycles. The van der Waals surface area contributed by atoms with Gasteiger partial charge in [0.25, 0.3) is 0 Å². The first-order valence-corrected chi connectivity index (χ1v) is 5.02. The fourth-order valence-electron chi connectivity index (χ4n) is 2.02. The molecule has 1 N–H and O–H groups in total. The Bertz CT molecular complexity index is 190. The van der Waals surface area contributed by atoms with E-state index in [0.717, 1.165) is 38.9 Å². The van der Waals surface area contributed by atoms with Crippen molar-refractivity contribution >= 4 is 6.09 Å². The van der Waals surface area contributed by atoms with Gasteiger partial charge < -0.3 is 15.0 Å². The van der Waals surface area contributed by atoms with Crippen molar-refractivity contribution in [3.63, 3.8) is 0 Å². The van der Waals surface area contributed by atoms with Crippen LogP contribution in [0, 0.1) is 0 Å². The molecule has 0 aromatic carbocycles. The molecule has 0 aliphatic carbocycles. The zero-order valence-electron chi connectivity index (χ0n) is 7.79. The van der Waals surface area contributed by atoms with Crippen molar-refractivity contribution in [2.24, 2.45) is 0 Å². The predicted octanol–water partition coefficient (Wildman–Crippen LogP) is 0.581. The number of ether oxygens (including phenoxy) is 1. The van der Waals surface area contributed by atoms with E-state index >= 15 is 0 Å². The van der Waals surface area contributed by atoms with Crippen LogP contribution in [0.5, 0.6) is 0 Å². The molecule has 2 aliphatic heterocycles. The molecule has 2 rings (SSSR count). The molecule has 0 radical (unpaired) electrons. The fraction of sp³-hybridized carbons (Fsp3) is 0.889. The quantitative estimate of drug-likeness (QED) is 0.648. The number of hydrogen-bond donors (Lipinski definition) is 1. The molecule has 2 fully saturated rings. The van der Waals surface area contributed by atoms with Crippen LogP contribution in [-0.4, -0.2) is 43.3 Å². The lowest BCUT2D eigenvalue weighted by Gasteiger charge is -2.36. The van der Waals surface area contributed by atoms with E-state index in [1.165, 1.54) is 0 Å².